The minimum Gasteiger partial charge on any atom is -0.480 e. The number of para-hydroxylation sites is 1. The molecule has 124 valence electrons. The SMILES string of the molecule is O=C(CCc1cscn1)NC(Cc1c[nH]c2ccccc12)C(=O)O. The van der Waals surface area contributed by atoms with E-state index in [9.17, 15) is 14.7 Å². The first-order valence-corrected chi connectivity index (χ1v) is 8.52. The summed E-state index contributed by atoms with van der Waals surface area (Å²) < 4.78 is 0. The fraction of sp³-hybridized carbons (Fsp3) is 0.235. The summed E-state index contributed by atoms with van der Waals surface area (Å²) in [6.07, 6.45) is 2.76. The Kier molecular flexibility index (Phi) is 4.90. The molecule has 1 atom stereocenters. The number of carboxylic acid groups (broad SMARTS) is 1. The van der Waals surface area contributed by atoms with E-state index in [1.165, 1.54) is 11.3 Å². The number of aromatic nitrogens is 2. The summed E-state index contributed by atoms with van der Waals surface area (Å²) in [5.41, 5.74) is 4.38. The van der Waals surface area contributed by atoms with E-state index in [4.69, 9.17) is 0 Å². The smallest absolute Gasteiger partial charge is 0.326 e. The molecule has 0 aliphatic carbocycles. The van der Waals surface area contributed by atoms with Gasteiger partial charge < -0.3 is 15.4 Å². The molecule has 3 rings (SSSR count). The number of nitrogens with zero attached hydrogens (tertiary/aromatic N) is 1. The van der Waals surface area contributed by atoms with E-state index < -0.39 is 12.0 Å². The number of carboxylic acids is 1. The Morgan fingerprint density at radius 3 is 2.92 bits per heavy atom. The lowest BCUT2D eigenvalue weighted by Crippen LogP contribution is -2.42. The van der Waals surface area contributed by atoms with Gasteiger partial charge in [-0.25, -0.2) is 9.78 Å². The fourth-order valence-electron chi connectivity index (χ4n) is 2.59. The molecule has 7 heteroatoms. The van der Waals surface area contributed by atoms with Crippen LogP contribution in [-0.2, 0) is 22.4 Å². The molecule has 2 heterocycles. The molecule has 0 radical (unpaired) electrons. The number of amides is 1. The van der Waals surface area contributed by atoms with Gasteiger partial charge in [0.05, 0.1) is 11.2 Å². The van der Waals surface area contributed by atoms with Crippen LogP contribution in [0.2, 0.25) is 0 Å². The Hall–Kier alpha value is -2.67. The molecule has 0 saturated carbocycles. The fourth-order valence-corrected chi connectivity index (χ4v) is 3.18. The van der Waals surface area contributed by atoms with Crippen molar-refractivity contribution in [3.05, 3.63) is 52.6 Å². The van der Waals surface area contributed by atoms with Crippen LogP contribution in [0.25, 0.3) is 10.9 Å². The van der Waals surface area contributed by atoms with Crippen molar-refractivity contribution in [3.63, 3.8) is 0 Å². The number of hydrogen-bond acceptors (Lipinski definition) is 4. The first-order valence-electron chi connectivity index (χ1n) is 7.57. The molecule has 0 aliphatic heterocycles. The number of aromatic amines is 1. The molecular formula is C17H17N3O3S. The van der Waals surface area contributed by atoms with Gasteiger partial charge in [0.15, 0.2) is 0 Å². The van der Waals surface area contributed by atoms with E-state index in [1.807, 2.05) is 29.6 Å². The minimum absolute atomic E-state index is 0.224. The van der Waals surface area contributed by atoms with Gasteiger partial charge in [-0.15, -0.1) is 11.3 Å². The van der Waals surface area contributed by atoms with Crippen LogP contribution in [0.15, 0.2) is 41.4 Å². The number of hydrogen-bond donors (Lipinski definition) is 3. The molecule has 0 aliphatic rings. The normalized spacial score (nSPS) is 12.2. The van der Waals surface area contributed by atoms with E-state index in [0.29, 0.717) is 6.42 Å². The van der Waals surface area contributed by atoms with Crippen molar-refractivity contribution in [3.8, 4) is 0 Å². The molecule has 3 N–H and O–H groups in total. The highest BCUT2D eigenvalue weighted by Gasteiger charge is 2.21. The predicted octanol–water partition coefficient (Wildman–Crippen LogP) is 2.37. The number of H-pyrrole nitrogens is 1. The molecule has 0 spiro atoms. The van der Waals surface area contributed by atoms with Crippen LogP contribution in [0.5, 0.6) is 0 Å². The first-order chi connectivity index (χ1) is 11.6. The molecular weight excluding hydrogens is 326 g/mol. The van der Waals surface area contributed by atoms with Crippen molar-refractivity contribution in [2.45, 2.75) is 25.3 Å². The zero-order valence-corrected chi connectivity index (χ0v) is 13.7. The molecule has 2 aromatic heterocycles. The third-order valence-electron chi connectivity index (χ3n) is 3.82. The van der Waals surface area contributed by atoms with Gasteiger partial charge in [0.25, 0.3) is 0 Å². The zero-order valence-electron chi connectivity index (χ0n) is 12.9. The highest BCUT2D eigenvalue weighted by molar-refractivity contribution is 7.07. The highest BCUT2D eigenvalue weighted by atomic mass is 32.1. The Morgan fingerprint density at radius 2 is 2.17 bits per heavy atom. The zero-order chi connectivity index (χ0) is 16.9. The summed E-state index contributed by atoms with van der Waals surface area (Å²) in [6, 6.07) is 6.73. The lowest BCUT2D eigenvalue weighted by Gasteiger charge is -2.14. The van der Waals surface area contributed by atoms with Crippen LogP contribution in [-0.4, -0.2) is 33.0 Å². The summed E-state index contributed by atoms with van der Waals surface area (Å²) in [4.78, 5) is 30.8. The Labute approximate surface area is 142 Å². The number of nitrogens with one attached hydrogen (secondary N) is 2. The van der Waals surface area contributed by atoms with Crippen molar-refractivity contribution >= 4 is 34.1 Å². The van der Waals surface area contributed by atoms with Crippen LogP contribution >= 0.6 is 11.3 Å². The second kappa shape index (κ2) is 7.27. The van der Waals surface area contributed by atoms with Gasteiger partial charge in [-0.05, 0) is 18.1 Å². The molecule has 0 bridgehead atoms. The number of aryl methyl sites for hydroxylation is 1. The minimum atomic E-state index is -1.04. The average Bonchev–Trinajstić information content (AvgIpc) is 3.22. The maximum absolute atomic E-state index is 12.0. The van der Waals surface area contributed by atoms with Gasteiger partial charge >= 0.3 is 5.97 Å². The van der Waals surface area contributed by atoms with Crippen molar-refractivity contribution in [1.82, 2.24) is 15.3 Å². The molecule has 1 aromatic carbocycles. The molecule has 0 fully saturated rings. The monoisotopic (exact) mass is 343 g/mol. The quantitative estimate of drug-likeness (QED) is 0.614. The summed E-state index contributed by atoms with van der Waals surface area (Å²) in [6.45, 7) is 0. The van der Waals surface area contributed by atoms with Crippen LogP contribution in [0.4, 0.5) is 0 Å². The maximum Gasteiger partial charge on any atom is 0.326 e. The van der Waals surface area contributed by atoms with Crippen LogP contribution in [0, 0.1) is 0 Å². The number of aliphatic carboxylic acids is 1. The second-order valence-corrected chi connectivity index (χ2v) is 6.22. The Bertz CT molecular complexity index is 842. The number of fused-ring (bicyclic) bond motifs is 1. The number of carbonyl (C=O) groups excluding carboxylic acids is 1. The van der Waals surface area contributed by atoms with E-state index in [1.54, 1.807) is 11.7 Å². The highest BCUT2D eigenvalue weighted by Crippen LogP contribution is 2.19. The second-order valence-electron chi connectivity index (χ2n) is 5.50. The largest absolute Gasteiger partial charge is 0.480 e. The molecule has 1 amide bonds. The van der Waals surface area contributed by atoms with Gasteiger partial charge in [0.2, 0.25) is 5.91 Å². The van der Waals surface area contributed by atoms with Gasteiger partial charge in [-0.1, -0.05) is 18.2 Å². The Balaban J connectivity index is 1.64. The summed E-state index contributed by atoms with van der Waals surface area (Å²) in [5, 5.41) is 14.9. The average molecular weight is 343 g/mol. The number of carbonyl (C=O) groups is 2. The van der Waals surface area contributed by atoms with Gasteiger partial charge in [-0.2, -0.15) is 0 Å². The van der Waals surface area contributed by atoms with Crippen molar-refractivity contribution < 1.29 is 14.7 Å². The maximum atomic E-state index is 12.0. The summed E-state index contributed by atoms with van der Waals surface area (Å²) >= 11 is 1.47. The van der Waals surface area contributed by atoms with Gasteiger partial charge in [0, 0.05) is 35.3 Å². The lowest BCUT2D eigenvalue weighted by molar-refractivity contribution is -0.141. The molecule has 6 nitrogen and oxygen atoms in total. The van der Waals surface area contributed by atoms with Crippen molar-refractivity contribution in [2.24, 2.45) is 0 Å². The third-order valence-corrected chi connectivity index (χ3v) is 4.46. The number of rotatable bonds is 7. The van der Waals surface area contributed by atoms with E-state index in [0.717, 1.165) is 22.2 Å². The van der Waals surface area contributed by atoms with Crippen molar-refractivity contribution in [1.29, 1.82) is 0 Å². The van der Waals surface area contributed by atoms with E-state index >= 15 is 0 Å². The van der Waals surface area contributed by atoms with Crippen LogP contribution in [0.3, 0.4) is 0 Å². The number of thiazole rings is 1. The first kappa shape index (κ1) is 16.2. The van der Waals surface area contributed by atoms with Crippen molar-refractivity contribution in [2.75, 3.05) is 0 Å². The molecule has 1 unspecified atom stereocenters. The third kappa shape index (κ3) is 3.80. The summed E-state index contributed by atoms with van der Waals surface area (Å²) in [5.74, 6) is -1.32. The molecule has 3 aromatic rings. The van der Waals surface area contributed by atoms with Crippen LogP contribution < -0.4 is 5.32 Å². The molecule has 0 saturated heterocycles. The lowest BCUT2D eigenvalue weighted by atomic mass is 10.0. The standard InChI is InChI=1S/C17H17N3O3S/c21-16(6-5-12-9-24-10-19-12)20-15(17(22)23)7-11-8-18-14-4-2-1-3-13(11)14/h1-4,8-10,15,18H,5-7H2,(H,20,21)(H,22,23). The van der Waals surface area contributed by atoms with Crippen LogP contribution in [0.1, 0.15) is 17.7 Å². The van der Waals surface area contributed by atoms with E-state index in [2.05, 4.69) is 15.3 Å². The topological polar surface area (TPSA) is 95.1 Å². The Morgan fingerprint density at radius 1 is 1.33 bits per heavy atom. The predicted molar refractivity (Wildman–Crippen MR) is 92.0 cm³/mol. The van der Waals surface area contributed by atoms with E-state index in [-0.39, 0.29) is 18.7 Å². The van der Waals surface area contributed by atoms with Gasteiger partial charge in [0.1, 0.15) is 6.04 Å². The summed E-state index contributed by atoms with van der Waals surface area (Å²) in [7, 11) is 0. The van der Waals surface area contributed by atoms with Gasteiger partial charge in [-0.3, -0.25) is 4.79 Å². The molecule has 24 heavy (non-hydrogen) atoms. The number of benzene rings is 1.